The minimum absolute atomic E-state index is 0.0139. The Morgan fingerprint density at radius 3 is 2.36 bits per heavy atom. The smallest absolute Gasteiger partial charge is 0.177 e. The lowest BCUT2D eigenvalue weighted by molar-refractivity contribution is -0.120. The van der Waals surface area contributed by atoms with Gasteiger partial charge in [0.05, 0.1) is 5.54 Å². The van der Waals surface area contributed by atoms with Crippen LogP contribution in [0.1, 0.15) is 26.7 Å². The van der Waals surface area contributed by atoms with Crippen LogP contribution >= 0.6 is 0 Å². The summed E-state index contributed by atoms with van der Waals surface area (Å²) in [6.07, 6.45) is 2.18. The Labute approximate surface area is 67.5 Å². The quantitative estimate of drug-likeness (QED) is 0.620. The first-order valence-electron chi connectivity index (χ1n) is 3.95. The lowest BCUT2D eigenvalue weighted by Crippen LogP contribution is -2.47. The van der Waals surface area contributed by atoms with Crippen LogP contribution in [0.25, 0.3) is 0 Å². The largest absolute Gasteiger partial charge is 0.319 e. The molecule has 2 nitrogen and oxygen atoms in total. The lowest BCUT2D eigenvalue weighted by Gasteiger charge is -2.22. The Morgan fingerprint density at radius 2 is 2.09 bits per heavy atom. The van der Waals surface area contributed by atoms with Gasteiger partial charge in [0, 0.05) is 0 Å². The van der Waals surface area contributed by atoms with Crippen LogP contribution in [-0.2, 0) is 4.79 Å². The van der Waals surface area contributed by atoms with Gasteiger partial charge in [0.25, 0.3) is 0 Å². The summed E-state index contributed by atoms with van der Waals surface area (Å²) in [4.78, 5) is 11.4. The van der Waals surface area contributed by atoms with Crippen LogP contribution in [0, 0.1) is 5.92 Å². The molecule has 1 atom stereocenters. The molecule has 2 heteroatoms. The minimum Gasteiger partial charge on any atom is -0.319 e. The molecule has 0 radical (unpaired) electrons. The predicted octanol–water partition coefficient (Wildman–Crippen LogP) is 1.26. The molecule has 0 spiro atoms. The summed E-state index contributed by atoms with van der Waals surface area (Å²) in [6, 6.07) is 0. The Bertz CT molecular complexity index is 202. The van der Waals surface area contributed by atoms with Gasteiger partial charge in [0.1, 0.15) is 0 Å². The number of rotatable bonds is 3. The highest BCUT2D eigenvalue weighted by Crippen LogP contribution is 2.39. The van der Waals surface area contributed by atoms with Crippen LogP contribution in [0.3, 0.4) is 0 Å². The molecular weight excluding hydrogens is 138 g/mol. The fraction of sp³-hybridized carbons (Fsp3) is 0.667. The van der Waals surface area contributed by atoms with Gasteiger partial charge < -0.3 is 5.73 Å². The van der Waals surface area contributed by atoms with Gasteiger partial charge >= 0.3 is 0 Å². The van der Waals surface area contributed by atoms with Crippen molar-refractivity contribution in [3.63, 3.8) is 0 Å². The minimum atomic E-state index is -0.647. The van der Waals surface area contributed by atoms with Gasteiger partial charge in [-0.15, -0.1) is 0 Å². The summed E-state index contributed by atoms with van der Waals surface area (Å²) in [5.74, 6) is 0.409. The third kappa shape index (κ3) is 1.51. The van der Waals surface area contributed by atoms with Crippen molar-refractivity contribution >= 4 is 5.78 Å². The second-order valence-corrected chi connectivity index (χ2v) is 3.67. The molecule has 2 N–H and O–H groups in total. The first-order chi connectivity index (χ1) is 4.96. The van der Waals surface area contributed by atoms with E-state index in [0.29, 0.717) is 11.5 Å². The molecule has 1 aliphatic rings. The molecule has 0 aromatic heterocycles. The van der Waals surface area contributed by atoms with E-state index in [9.17, 15) is 4.79 Å². The number of carbonyl (C=O) groups excluding carboxylic acids is 1. The van der Waals surface area contributed by atoms with E-state index in [2.05, 4.69) is 6.58 Å². The Balaban J connectivity index is 2.70. The van der Waals surface area contributed by atoms with E-state index in [1.807, 2.05) is 6.92 Å². The molecule has 1 aliphatic carbocycles. The number of carbonyl (C=O) groups is 1. The monoisotopic (exact) mass is 153 g/mol. The maximum Gasteiger partial charge on any atom is 0.177 e. The number of nitrogens with two attached hydrogens (primary N) is 1. The van der Waals surface area contributed by atoms with Crippen molar-refractivity contribution in [3.8, 4) is 0 Å². The Morgan fingerprint density at radius 1 is 1.64 bits per heavy atom. The van der Waals surface area contributed by atoms with Crippen LogP contribution in [0.15, 0.2) is 12.2 Å². The number of ketones is 1. The van der Waals surface area contributed by atoms with Crippen LogP contribution < -0.4 is 5.73 Å². The second kappa shape index (κ2) is 2.45. The summed E-state index contributed by atoms with van der Waals surface area (Å²) in [5.41, 5.74) is 5.78. The normalized spacial score (nSPS) is 22.5. The maximum atomic E-state index is 11.4. The zero-order valence-electron chi connectivity index (χ0n) is 7.18. The predicted molar refractivity (Wildman–Crippen MR) is 45.1 cm³/mol. The molecule has 0 aromatic carbocycles. The van der Waals surface area contributed by atoms with Gasteiger partial charge in [-0.25, -0.2) is 0 Å². The SMILES string of the molecule is C=C(C)C(=O)C(C)(N)C1CC1. The van der Waals surface area contributed by atoms with Crippen LogP contribution in [0.4, 0.5) is 0 Å². The summed E-state index contributed by atoms with van der Waals surface area (Å²) in [6.45, 7) is 7.13. The zero-order valence-corrected chi connectivity index (χ0v) is 7.18. The van der Waals surface area contributed by atoms with Gasteiger partial charge in [-0.05, 0) is 38.2 Å². The van der Waals surface area contributed by atoms with Crippen LogP contribution in [0.2, 0.25) is 0 Å². The van der Waals surface area contributed by atoms with E-state index in [4.69, 9.17) is 5.73 Å². The molecule has 0 bridgehead atoms. The molecule has 1 rings (SSSR count). The topological polar surface area (TPSA) is 43.1 Å². The summed E-state index contributed by atoms with van der Waals surface area (Å²) in [7, 11) is 0. The highest BCUT2D eigenvalue weighted by Gasteiger charge is 2.43. The summed E-state index contributed by atoms with van der Waals surface area (Å²) >= 11 is 0. The molecule has 0 amide bonds. The fourth-order valence-corrected chi connectivity index (χ4v) is 1.33. The van der Waals surface area contributed by atoms with Crippen LogP contribution in [-0.4, -0.2) is 11.3 Å². The van der Waals surface area contributed by atoms with Gasteiger partial charge in [-0.2, -0.15) is 0 Å². The third-order valence-electron chi connectivity index (χ3n) is 2.30. The third-order valence-corrected chi connectivity index (χ3v) is 2.30. The maximum absolute atomic E-state index is 11.4. The van der Waals surface area contributed by atoms with Crippen molar-refractivity contribution < 1.29 is 4.79 Å². The molecule has 0 aromatic rings. The fourth-order valence-electron chi connectivity index (χ4n) is 1.33. The van der Waals surface area contributed by atoms with E-state index in [-0.39, 0.29) is 5.78 Å². The molecule has 0 heterocycles. The molecule has 0 saturated heterocycles. The van der Waals surface area contributed by atoms with Gasteiger partial charge in [-0.1, -0.05) is 6.58 Å². The average Bonchev–Trinajstić information content (AvgIpc) is 2.66. The van der Waals surface area contributed by atoms with Crippen LogP contribution in [0.5, 0.6) is 0 Å². The number of hydrogen-bond acceptors (Lipinski definition) is 2. The van der Waals surface area contributed by atoms with E-state index in [1.54, 1.807) is 6.92 Å². The number of hydrogen-bond donors (Lipinski definition) is 1. The molecule has 62 valence electrons. The van der Waals surface area contributed by atoms with Gasteiger partial charge in [0.2, 0.25) is 0 Å². The molecule has 1 saturated carbocycles. The van der Waals surface area contributed by atoms with Crippen molar-refractivity contribution in [2.75, 3.05) is 0 Å². The Hall–Kier alpha value is -0.630. The van der Waals surface area contributed by atoms with Crippen molar-refractivity contribution in [1.29, 1.82) is 0 Å². The molecule has 1 fully saturated rings. The lowest BCUT2D eigenvalue weighted by atomic mass is 9.88. The van der Waals surface area contributed by atoms with Crippen molar-refractivity contribution in [2.45, 2.75) is 32.2 Å². The first kappa shape index (κ1) is 8.47. The van der Waals surface area contributed by atoms with Gasteiger partial charge in [-0.3, -0.25) is 4.79 Å². The van der Waals surface area contributed by atoms with E-state index < -0.39 is 5.54 Å². The van der Waals surface area contributed by atoms with E-state index in [1.165, 1.54) is 0 Å². The molecule has 11 heavy (non-hydrogen) atoms. The first-order valence-corrected chi connectivity index (χ1v) is 3.95. The van der Waals surface area contributed by atoms with Crippen molar-refractivity contribution in [3.05, 3.63) is 12.2 Å². The van der Waals surface area contributed by atoms with Crippen molar-refractivity contribution in [2.24, 2.45) is 11.7 Å². The summed E-state index contributed by atoms with van der Waals surface area (Å²) < 4.78 is 0. The van der Waals surface area contributed by atoms with E-state index in [0.717, 1.165) is 12.8 Å². The van der Waals surface area contributed by atoms with E-state index >= 15 is 0 Å². The standard InChI is InChI=1S/C9H15NO/c1-6(2)8(11)9(3,10)7-4-5-7/h7H,1,4-5,10H2,2-3H3. The second-order valence-electron chi connectivity index (χ2n) is 3.67. The molecule has 1 unspecified atom stereocenters. The van der Waals surface area contributed by atoms with Gasteiger partial charge in [0.15, 0.2) is 5.78 Å². The number of Topliss-reactive ketones (excluding diaryl/α,β-unsaturated/α-hetero) is 1. The highest BCUT2D eigenvalue weighted by molar-refractivity contribution is 6.01. The zero-order chi connectivity index (χ0) is 8.65. The average molecular weight is 153 g/mol. The molecule has 0 aliphatic heterocycles. The van der Waals surface area contributed by atoms with Crippen molar-refractivity contribution in [1.82, 2.24) is 0 Å². The molecular formula is C9H15NO. The summed E-state index contributed by atoms with van der Waals surface area (Å²) in [5, 5.41) is 0. The highest BCUT2D eigenvalue weighted by atomic mass is 16.1. The Kier molecular flexibility index (Phi) is 1.89.